The molecule has 0 N–H and O–H groups in total. The predicted octanol–water partition coefficient (Wildman–Crippen LogP) is -1.08. The monoisotopic (exact) mass is 142 g/mol. The summed E-state index contributed by atoms with van der Waals surface area (Å²) in [5, 5.41) is 0. The van der Waals surface area contributed by atoms with Crippen molar-refractivity contribution in [2.45, 2.75) is 0 Å². The molecule has 0 atom stereocenters. The number of rotatable bonds is 1. The Bertz CT molecular complexity index is 158. The molecule has 0 aromatic heterocycles. The van der Waals surface area contributed by atoms with Gasteiger partial charge < -0.3 is 0 Å². The number of hydrogen-bond donors (Lipinski definition) is 0. The SMILES string of the molecule is CN1CCN(C=O)C(=O)C1. The molecule has 0 aromatic rings. The van der Waals surface area contributed by atoms with E-state index in [1.807, 2.05) is 11.9 Å². The van der Waals surface area contributed by atoms with E-state index in [-0.39, 0.29) is 5.91 Å². The summed E-state index contributed by atoms with van der Waals surface area (Å²) < 4.78 is 0. The molecule has 0 spiro atoms. The fourth-order valence-corrected chi connectivity index (χ4v) is 0.915. The van der Waals surface area contributed by atoms with Crippen LogP contribution in [0.1, 0.15) is 0 Å². The molecule has 1 heterocycles. The Labute approximate surface area is 59.4 Å². The Morgan fingerprint density at radius 1 is 1.50 bits per heavy atom. The topological polar surface area (TPSA) is 40.6 Å². The van der Waals surface area contributed by atoms with Crippen molar-refractivity contribution in [3.63, 3.8) is 0 Å². The maximum Gasteiger partial charge on any atom is 0.243 e. The number of nitrogens with zero attached hydrogens (tertiary/aromatic N) is 2. The molecule has 0 unspecified atom stereocenters. The van der Waals surface area contributed by atoms with Gasteiger partial charge in [0.05, 0.1) is 6.54 Å². The second-order valence-electron chi connectivity index (χ2n) is 2.43. The van der Waals surface area contributed by atoms with E-state index in [0.29, 0.717) is 19.5 Å². The van der Waals surface area contributed by atoms with E-state index in [1.165, 1.54) is 4.90 Å². The minimum atomic E-state index is -0.108. The van der Waals surface area contributed by atoms with Gasteiger partial charge in [-0.2, -0.15) is 0 Å². The molecule has 1 aliphatic rings. The van der Waals surface area contributed by atoms with Gasteiger partial charge in [0.25, 0.3) is 0 Å². The van der Waals surface area contributed by atoms with Crippen LogP contribution in [0.15, 0.2) is 0 Å². The summed E-state index contributed by atoms with van der Waals surface area (Å²) in [5.74, 6) is -0.108. The molecule has 4 nitrogen and oxygen atoms in total. The third kappa shape index (κ3) is 1.33. The third-order valence-corrected chi connectivity index (χ3v) is 1.58. The lowest BCUT2D eigenvalue weighted by atomic mass is 10.3. The van der Waals surface area contributed by atoms with Gasteiger partial charge in [-0.05, 0) is 7.05 Å². The number of piperazine rings is 1. The van der Waals surface area contributed by atoms with Crippen molar-refractivity contribution in [3.8, 4) is 0 Å². The number of likely N-dealkylation sites (N-methyl/N-ethyl adjacent to an activating group) is 1. The van der Waals surface area contributed by atoms with Gasteiger partial charge in [0.1, 0.15) is 0 Å². The summed E-state index contributed by atoms with van der Waals surface area (Å²) >= 11 is 0. The van der Waals surface area contributed by atoms with Crippen LogP contribution in [0.2, 0.25) is 0 Å². The standard InChI is InChI=1S/C6H10N2O2/c1-7-2-3-8(5-9)6(10)4-7/h5H,2-4H2,1H3. The maximum atomic E-state index is 10.9. The predicted molar refractivity (Wildman–Crippen MR) is 35.3 cm³/mol. The minimum absolute atomic E-state index is 0.108. The van der Waals surface area contributed by atoms with Gasteiger partial charge in [0.2, 0.25) is 12.3 Å². The number of carbonyl (C=O) groups is 2. The number of carbonyl (C=O) groups excluding carboxylic acids is 2. The summed E-state index contributed by atoms with van der Waals surface area (Å²) in [7, 11) is 1.86. The molecule has 1 saturated heterocycles. The molecule has 0 radical (unpaired) electrons. The van der Waals surface area contributed by atoms with Crippen molar-refractivity contribution in [3.05, 3.63) is 0 Å². The van der Waals surface area contributed by atoms with E-state index in [1.54, 1.807) is 0 Å². The summed E-state index contributed by atoms with van der Waals surface area (Å²) in [6.45, 7) is 1.67. The molecule has 4 heteroatoms. The Hall–Kier alpha value is -0.900. The van der Waals surface area contributed by atoms with Gasteiger partial charge in [0, 0.05) is 13.1 Å². The zero-order valence-corrected chi connectivity index (χ0v) is 5.91. The first-order valence-electron chi connectivity index (χ1n) is 3.17. The lowest BCUT2D eigenvalue weighted by Gasteiger charge is -2.27. The fourth-order valence-electron chi connectivity index (χ4n) is 0.915. The first kappa shape index (κ1) is 7.21. The second-order valence-corrected chi connectivity index (χ2v) is 2.43. The molecule has 1 fully saturated rings. The van der Waals surface area contributed by atoms with Gasteiger partial charge in [0.15, 0.2) is 0 Å². The minimum Gasteiger partial charge on any atom is -0.296 e. The van der Waals surface area contributed by atoms with Gasteiger partial charge in [-0.15, -0.1) is 0 Å². The van der Waals surface area contributed by atoms with E-state index in [2.05, 4.69) is 0 Å². The highest BCUT2D eigenvalue weighted by Crippen LogP contribution is 1.96. The van der Waals surface area contributed by atoms with E-state index in [4.69, 9.17) is 0 Å². The van der Waals surface area contributed by atoms with Crippen LogP contribution in [0.3, 0.4) is 0 Å². The summed E-state index contributed by atoms with van der Waals surface area (Å²) in [6, 6.07) is 0. The van der Waals surface area contributed by atoms with Crippen molar-refractivity contribution in [2.75, 3.05) is 26.7 Å². The van der Waals surface area contributed by atoms with Crippen LogP contribution in [0.4, 0.5) is 0 Å². The molecule has 0 saturated carbocycles. The average Bonchev–Trinajstić information content (AvgIpc) is 1.88. The Balaban J connectivity index is 2.51. The second kappa shape index (κ2) is 2.79. The van der Waals surface area contributed by atoms with Crippen molar-refractivity contribution in [2.24, 2.45) is 0 Å². The Kier molecular flexibility index (Phi) is 2.01. The van der Waals surface area contributed by atoms with Gasteiger partial charge in [-0.1, -0.05) is 0 Å². The van der Waals surface area contributed by atoms with Crippen LogP contribution in [0, 0.1) is 0 Å². The lowest BCUT2D eigenvalue weighted by Crippen LogP contribution is -2.47. The molecular weight excluding hydrogens is 132 g/mol. The number of amides is 2. The van der Waals surface area contributed by atoms with Crippen molar-refractivity contribution in [1.82, 2.24) is 9.80 Å². The van der Waals surface area contributed by atoms with E-state index >= 15 is 0 Å². The molecular formula is C6H10N2O2. The molecule has 1 rings (SSSR count). The van der Waals surface area contributed by atoms with Crippen LogP contribution in [-0.2, 0) is 9.59 Å². The average molecular weight is 142 g/mol. The lowest BCUT2D eigenvalue weighted by molar-refractivity contribution is -0.141. The highest BCUT2D eigenvalue weighted by molar-refractivity contribution is 5.88. The van der Waals surface area contributed by atoms with Crippen molar-refractivity contribution < 1.29 is 9.59 Å². The Morgan fingerprint density at radius 3 is 2.70 bits per heavy atom. The third-order valence-electron chi connectivity index (χ3n) is 1.58. The molecule has 10 heavy (non-hydrogen) atoms. The molecule has 2 amide bonds. The van der Waals surface area contributed by atoms with Crippen LogP contribution in [0.5, 0.6) is 0 Å². The van der Waals surface area contributed by atoms with Crippen LogP contribution in [-0.4, -0.2) is 48.8 Å². The number of imide groups is 1. The fraction of sp³-hybridized carbons (Fsp3) is 0.667. The zero-order chi connectivity index (χ0) is 7.56. The van der Waals surface area contributed by atoms with Gasteiger partial charge >= 0.3 is 0 Å². The zero-order valence-electron chi connectivity index (χ0n) is 5.91. The molecule has 56 valence electrons. The first-order chi connectivity index (χ1) is 4.74. The first-order valence-corrected chi connectivity index (χ1v) is 3.17. The van der Waals surface area contributed by atoms with Crippen LogP contribution in [0.25, 0.3) is 0 Å². The molecule has 0 aromatic carbocycles. The Morgan fingerprint density at radius 2 is 2.20 bits per heavy atom. The van der Waals surface area contributed by atoms with Crippen LogP contribution >= 0.6 is 0 Å². The van der Waals surface area contributed by atoms with Gasteiger partial charge in [-0.25, -0.2) is 0 Å². The molecule has 0 bridgehead atoms. The summed E-state index contributed by atoms with van der Waals surface area (Å²) in [5.41, 5.74) is 0. The highest BCUT2D eigenvalue weighted by Gasteiger charge is 2.19. The summed E-state index contributed by atoms with van der Waals surface area (Å²) in [4.78, 5) is 24.2. The van der Waals surface area contributed by atoms with E-state index in [0.717, 1.165) is 6.54 Å². The molecule has 0 aliphatic carbocycles. The van der Waals surface area contributed by atoms with Crippen molar-refractivity contribution >= 4 is 12.3 Å². The van der Waals surface area contributed by atoms with E-state index < -0.39 is 0 Å². The maximum absolute atomic E-state index is 10.9. The van der Waals surface area contributed by atoms with E-state index in [9.17, 15) is 9.59 Å². The van der Waals surface area contributed by atoms with Crippen LogP contribution < -0.4 is 0 Å². The smallest absolute Gasteiger partial charge is 0.243 e. The molecule has 1 aliphatic heterocycles. The summed E-state index contributed by atoms with van der Waals surface area (Å²) in [6.07, 6.45) is 0.593. The van der Waals surface area contributed by atoms with Crippen molar-refractivity contribution in [1.29, 1.82) is 0 Å². The quantitative estimate of drug-likeness (QED) is 0.437. The largest absolute Gasteiger partial charge is 0.296 e. The number of hydrogen-bond acceptors (Lipinski definition) is 3. The highest BCUT2D eigenvalue weighted by atomic mass is 16.2. The normalized spacial score (nSPS) is 21.3. The van der Waals surface area contributed by atoms with Gasteiger partial charge in [-0.3, -0.25) is 19.4 Å².